The molecule has 1 rings (SSSR count). The van der Waals surface area contributed by atoms with Crippen molar-refractivity contribution in [2.24, 2.45) is 0 Å². The van der Waals surface area contributed by atoms with Crippen molar-refractivity contribution >= 4 is 16.7 Å². The van der Waals surface area contributed by atoms with Crippen LogP contribution in [0.4, 0.5) is 5.13 Å². The van der Waals surface area contributed by atoms with E-state index in [-0.39, 0.29) is 6.29 Å². The van der Waals surface area contributed by atoms with Gasteiger partial charge in [-0.25, -0.2) is 4.98 Å². The molecule has 0 saturated carbocycles. The van der Waals surface area contributed by atoms with Gasteiger partial charge in [-0.05, 0) is 6.92 Å². The van der Waals surface area contributed by atoms with Crippen molar-refractivity contribution in [1.29, 1.82) is 0 Å². The van der Waals surface area contributed by atoms with Crippen molar-refractivity contribution in [3.63, 3.8) is 0 Å². The van der Waals surface area contributed by atoms with E-state index in [4.69, 9.17) is 9.47 Å². The molecule has 0 amide bonds. The number of rotatable bonds is 7. The largest absolute Gasteiger partial charge is 0.354 e. The van der Waals surface area contributed by atoms with Crippen molar-refractivity contribution in [2.45, 2.75) is 26.6 Å². The Morgan fingerprint density at radius 1 is 1.31 bits per heavy atom. The summed E-state index contributed by atoms with van der Waals surface area (Å²) in [6, 6.07) is 0. The third kappa shape index (κ3) is 3.40. The van der Waals surface area contributed by atoms with Gasteiger partial charge in [0.2, 0.25) is 5.13 Å². The number of likely N-dealkylation sites (N-methyl/N-ethyl adjacent to an activating group) is 1. The summed E-state index contributed by atoms with van der Waals surface area (Å²) >= 11 is 1.42. The second kappa shape index (κ2) is 6.78. The predicted molar refractivity (Wildman–Crippen MR) is 65.0 cm³/mol. The minimum atomic E-state index is -0.228. The molecule has 92 valence electrons. The van der Waals surface area contributed by atoms with Crippen LogP contribution in [0.3, 0.4) is 0 Å². The quantitative estimate of drug-likeness (QED) is 0.682. The lowest BCUT2D eigenvalue weighted by Crippen LogP contribution is -2.34. The Morgan fingerprint density at radius 2 is 2.00 bits per heavy atom. The van der Waals surface area contributed by atoms with Gasteiger partial charge in [-0.1, -0.05) is 6.92 Å². The highest BCUT2D eigenvalue weighted by atomic mass is 32.1. The van der Waals surface area contributed by atoms with Crippen LogP contribution in [0.5, 0.6) is 0 Å². The highest BCUT2D eigenvalue weighted by Crippen LogP contribution is 2.18. The molecular weight excluding hydrogens is 226 g/mol. The van der Waals surface area contributed by atoms with Crippen LogP contribution in [-0.4, -0.2) is 43.0 Å². The number of anilines is 1. The van der Waals surface area contributed by atoms with Gasteiger partial charge < -0.3 is 14.4 Å². The molecule has 0 fully saturated rings. The summed E-state index contributed by atoms with van der Waals surface area (Å²) in [5, 5.41) is 0.929. The topological polar surface area (TPSA) is 47.5 Å². The number of aromatic nitrogens is 2. The van der Waals surface area contributed by atoms with Gasteiger partial charge in [0.15, 0.2) is 6.29 Å². The Morgan fingerprint density at radius 3 is 2.44 bits per heavy atom. The zero-order chi connectivity index (χ0) is 12.0. The van der Waals surface area contributed by atoms with E-state index in [0.29, 0.717) is 6.54 Å². The van der Waals surface area contributed by atoms with Crippen LogP contribution in [0.15, 0.2) is 0 Å². The zero-order valence-electron chi connectivity index (χ0n) is 10.3. The molecule has 0 atom stereocenters. The lowest BCUT2D eigenvalue weighted by atomic mass is 10.5. The Kier molecular flexibility index (Phi) is 5.65. The first kappa shape index (κ1) is 13.3. The Labute approximate surface area is 101 Å². The Balaban J connectivity index is 2.66. The molecule has 0 spiro atoms. The average Bonchev–Trinajstić information content (AvgIpc) is 2.79. The molecule has 0 aliphatic carbocycles. The average molecular weight is 245 g/mol. The highest BCUT2D eigenvalue weighted by molar-refractivity contribution is 7.09. The van der Waals surface area contributed by atoms with Crippen molar-refractivity contribution in [3.8, 4) is 0 Å². The molecule has 0 radical (unpaired) electrons. The number of methoxy groups -OCH3 is 2. The van der Waals surface area contributed by atoms with Gasteiger partial charge in [0, 0.05) is 38.7 Å². The van der Waals surface area contributed by atoms with E-state index in [2.05, 4.69) is 28.1 Å². The minimum absolute atomic E-state index is 0.228. The van der Waals surface area contributed by atoms with Gasteiger partial charge in [0.25, 0.3) is 0 Å². The van der Waals surface area contributed by atoms with Crippen LogP contribution in [0.2, 0.25) is 0 Å². The molecule has 16 heavy (non-hydrogen) atoms. The Hall–Kier alpha value is -0.720. The Bertz CT molecular complexity index is 302. The van der Waals surface area contributed by atoms with E-state index < -0.39 is 0 Å². The van der Waals surface area contributed by atoms with E-state index in [1.54, 1.807) is 14.2 Å². The molecule has 1 heterocycles. The van der Waals surface area contributed by atoms with Gasteiger partial charge in [0.05, 0.1) is 6.54 Å². The van der Waals surface area contributed by atoms with Crippen LogP contribution in [0.25, 0.3) is 0 Å². The molecule has 0 unspecified atom stereocenters. The van der Waals surface area contributed by atoms with Gasteiger partial charge in [-0.15, -0.1) is 0 Å². The molecule has 1 aromatic rings. The smallest absolute Gasteiger partial charge is 0.205 e. The predicted octanol–water partition coefficient (Wildman–Crippen LogP) is 1.55. The number of hydrogen-bond donors (Lipinski definition) is 0. The summed E-state index contributed by atoms with van der Waals surface area (Å²) < 4.78 is 14.6. The van der Waals surface area contributed by atoms with Crippen molar-refractivity contribution in [3.05, 3.63) is 5.82 Å². The fourth-order valence-corrected chi connectivity index (χ4v) is 2.11. The minimum Gasteiger partial charge on any atom is -0.354 e. The van der Waals surface area contributed by atoms with E-state index >= 15 is 0 Å². The first-order valence-electron chi connectivity index (χ1n) is 5.38. The molecule has 0 saturated heterocycles. The molecular formula is C10H19N3O2S. The summed E-state index contributed by atoms with van der Waals surface area (Å²) in [5.74, 6) is 0.893. The van der Waals surface area contributed by atoms with Crippen LogP contribution >= 0.6 is 11.5 Å². The maximum atomic E-state index is 5.18. The van der Waals surface area contributed by atoms with Crippen molar-refractivity contribution in [2.75, 3.05) is 32.2 Å². The summed E-state index contributed by atoms with van der Waals surface area (Å²) in [5.41, 5.74) is 0. The third-order valence-electron chi connectivity index (χ3n) is 2.32. The third-order valence-corrected chi connectivity index (χ3v) is 3.14. The van der Waals surface area contributed by atoms with Gasteiger partial charge >= 0.3 is 0 Å². The molecule has 0 aliphatic rings. The fourth-order valence-electron chi connectivity index (χ4n) is 1.28. The van der Waals surface area contributed by atoms with Crippen LogP contribution in [0.1, 0.15) is 19.7 Å². The number of ether oxygens (including phenoxy) is 2. The van der Waals surface area contributed by atoms with Crippen LogP contribution in [0, 0.1) is 0 Å². The number of aryl methyl sites for hydroxylation is 1. The van der Waals surface area contributed by atoms with Crippen molar-refractivity contribution in [1.82, 2.24) is 9.36 Å². The van der Waals surface area contributed by atoms with Crippen LogP contribution < -0.4 is 4.90 Å². The van der Waals surface area contributed by atoms with E-state index in [1.807, 2.05) is 0 Å². The van der Waals surface area contributed by atoms with E-state index in [9.17, 15) is 0 Å². The molecule has 0 aliphatic heterocycles. The highest BCUT2D eigenvalue weighted by Gasteiger charge is 2.15. The molecule has 0 bridgehead atoms. The fraction of sp³-hybridized carbons (Fsp3) is 0.800. The summed E-state index contributed by atoms with van der Waals surface area (Å²) in [4.78, 5) is 6.55. The maximum absolute atomic E-state index is 5.18. The summed E-state index contributed by atoms with van der Waals surface area (Å²) in [7, 11) is 3.28. The lowest BCUT2D eigenvalue weighted by molar-refractivity contribution is -0.0948. The molecule has 5 nitrogen and oxygen atoms in total. The maximum Gasteiger partial charge on any atom is 0.205 e. The molecule has 6 heteroatoms. The normalized spacial score (nSPS) is 11.1. The van der Waals surface area contributed by atoms with Crippen LogP contribution in [-0.2, 0) is 15.9 Å². The molecule has 0 aromatic carbocycles. The first-order valence-corrected chi connectivity index (χ1v) is 6.15. The second-order valence-corrected chi connectivity index (χ2v) is 4.02. The number of nitrogens with zero attached hydrogens (tertiary/aromatic N) is 3. The lowest BCUT2D eigenvalue weighted by Gasteiger charge is -2.23. The van der Waals surface area contributed by atoms with E-state index in [0.717, 1.165) is 23.9 Å². The second-order valence-electron chi connectivity index (χ2n) is 3.29. The standard InChI is InChI=1S/C10H19N3O2S/c1-5-8-11-10(16-12-8)13(6-2)7-9(14-3)15-4/h9H,5-7H2,1-4H3. The summed E-state index contributed by atoms with van der Waals surface area (Å²) in [6.45, 7) is 5.66. The molecule has 1 aromatic heterocycles. The SMILES string of the molecule is CCc1nsc(N(CC)CC(OC)OC)n1. The monoisotopic (exact) mass is 245 g/mol. The number of hydrogen-bond acceptors (Lipinski definition) is 6. The van der Waals surface area contributed by atoms with E-state index in [1.165, 1.54) is 11.5 Å². The van der Waals surface area contributed by atoms with Gasteiger partial charge in [-0.3, -0.25) is 0 Å². The molecule has 0 N–H and O–H groups in total. The zero-order valence-corrected chi connectivity index (χ0v) is 11.1. The van der Waals surface area contributed by atoms with Gasteiger partial charge in [0.1, 0.15) is 5.82 Å². The first-order chi connectivity index (χ1) is 7.74. The summed E-state index contributed by atoms with van der Waals surface area (Å²) in [6.07, 6.45) is 0.639. The van der Waals surface area contributed by atoms with Crippen molar-refractivity contribution < 1.29 is 9.47 Å². The van der Waals surface area contributed by atoms with Gasteiger partial charge in [-0.2, -0.15) is 4.37 Å².